The highest BCUT2D eigenvalue weighted by Gasteiger charge is 2.30. The third kappa shape index (κ3) is 2.97. The van der Waals surface area contributed by atoms with E-state index in [9.17, 15) is 4.39 Å². The molecule has 3 aromatic rings. The van der Waals surface area contributed by atoms with Gasteiger partial charge in [0.15, 0.2) is 5.82 Å². The van der Waals surface area contributed by atoms with Crippen molar-refractivity contribution >= 4 is 22.7 Å². The van der Waals surface area contributed by atoms with Crippen LogP contribution in [0.15, 0.2) is 30.7 Å². The minimum absolute atomic E-state index is 0.106. The highest BCUT2D eigenvalue weighted by Crippen LogP contribution is 2.38. The molecule has 2 aliphatic heterocycles. The van der Waals surface area contributed by atoms with Crippen molar-refractivity contribution in [3.63, 3.8) is 0 Å². The van der Waals surface area contributed by atoms with Crippen LogP contribution in [0.1, 0.15) is 43.0 Å². The van der Waals surface area contributed by atoms with Crippen molar-refractivity contribution in [1.82, 2.24) is 19.9 Å². The third-order valence-electron chi connectivity index (χ3n) is 5.48. The second-order valence-corrected chi connectivity index (χ2v) is 7.18. The Bertz CT molecular complexity index is 991. The van der Waals surface area contributed by atoms with Crippen molar-refractivity contribution in [2.24, 2.45) is 0 Å². The van der Waals surface area contributed by atoms with Gasteiger partial charge in [-0.2, -0.15) is 0 Å². The molecule has 0 amide bonds. The van der Waals surface area contributed by atoms with Crippen molar-refractivity contribution in [2.45, 2.75) is 38.1 Å². The number of nitrogens with one attached hydrogen (secondary N) is 1. The van der Waals surface area contributed by atoms with E-state index in [4.69, 9.17) is 4.98 Å². The quantitative estimate of drug-likeness (QED) is 0.657. The van der Waals surface area contributed by atoms with Gasteiger partial charge in [0.05, 0.1) is 17.8 Å². The Morgan fingerprint density at radius 3 is 3.04 bits per heavy atom. The maximum absolute atomic E-state index is 14.0. The van der Waals surface area contributed by atoms with Crippen LogP contribution in [0.25, 0.3) is 11.0 Å². The average Bonchev–Trinajstić information content (AvgIpc) is 3.17. The first-order valence-electron chi connectivity index (χ1n) is 9.56. The molecule has 0 radical (unpaired) electrons. The van der Waals surface area contributed by atoms with Gasteiger partial charge >= 0.3 is 0 Å². The molecule has 1 N–H and O–H groups in total. The molecule has 138 valence electrons. The normalized spacial score (nSPS) is 19.6. The van der Waals surface area contributed by atoms with Crippen molar-refractivity contribution in [2.75, 3.05) is 23.3 Å². The van der Waals surface area contributed by atoms with E-state index in [0.29, 0.717) is 0 Å². The van der Waals surface area contributed by atoms with Gasteiger partial charge in [0.1, 0.15) is 23.5 Å². The molecule has 1 saturated heterocycles. The maximum Gasteiger partial charge on any atom is 0.156 e. The summed E-state index contributed by atoms with van der Waals surface area (Å²) >= 11 is 0. The molecule has 5 heterocycles. The number of aromatic nitrogens is 4. The van der Waals surface area contributed by atoms with Crippen LogP contribution in [0.5, 0.6) is 0 Å². The minimum atomic E-state index is -0.270. The summed E-state index contributed by atoms with van der Waals surface area (Å²) in [5.74, 6) is 1.39. The van der Waals surface area contributed by atoms with Gasteiger partial charge in [-0.1, -0.05) is 0 Å². The zero-order valence-corrected chi connectivity index (χ0v) is 15.0. The molecular weight excluding hydrogens is 343 g/mol. The lowest BCUT2D eigenvalue weighted by Gasteiger charge is -2.27. The zero-order valence-electron chi connectivity index (χ0n) is 15.0. The molecule has 1 fully saturated rings. The number of hydrogen-bond acceptors (Lipinski definition) is 6. The van der Waals surface area contributed by atoms with E-state index in [0.717, 1.165) is 79.1 Å². The molecule has 6 nitrogen and oxygen atoms in total. The summed E-state index contributed by atoms with van der Waals surface area (Å²) < 4.78 is 14.0. The number of aryl methyl sites for hydroxylation is 1. The van der Waals surface area contributed by atoms with E-state index >= 15 is 0 Å². The molecule has 2 aliphatic rings. The SMILES string of the molecule is Fc1cnc2c(c1)C1CCCN1c1ccc3ncnc(c3n1)NCCCC2. The first-order chi connectivity index (χ1) is 13.3. The van der Waals surface area contributed by atoms with Crippen LogP contribution in [-0.4, -0.2) is 33.0 Å². The predicted molar refractivity (Wildman–Crippen MR) is 102 cm³/mol. The highest BCUT2D eigenvalue weighted by atomic mass is 19.1. The Morgan fingerprint density at radius 1 is 1.11 bits per heavy atom. The molecule has 0 aromatic carbocycles. The van der Waals surface area contributed by atoms with Crippen LogP contribution >= 0.6 is 0 Å². The van der Waals surface area contributed by atoms with Gasteiger partial charge in [-0.05, 0) is 55.9 Å². The number of fused-ring (bicyclic) bond motifs is 5. The largest absolute Gasteiger partial charge is 0.368 e. The van der Waals surface area contributed by atoms with Crippen molar-refractivity contribution in [3.8, 4) is 0 Å². The van der Waals surface area contributed by atoms with Gasteiger partial charge in [-0.25, -0.2) is 19.3 Å². The van der Waals surface area contributed by atoms with Gasteiger partial charge in [-0.15, -0.1) is 0 Å². The average molecular weight is 364 g/mol. The molecule has 0 saturated carbocycles. The summed E-state index contributed by atoms with van der Waals surface area (Å²) in [6.45, 7) is 1.71. The van der Waals surface area contributed by atoms with E-state index in [1.807, 2.05) is 12.1 Å². The maximum atomic E-state index is 14.0. The molecular formula is C20H21FN6. The Balaban J connectivity index is 1.66. The van der Waals surface area contributed by atoms with Crippen molar-refractivity contribution in [1.29, 1.82) is 0 Å². The van der Waals surface area contributed by atoms with E-state index in [2.05, 4.69) is 25.2 Å². The van der Waals surface area contributed by atoms with Crippen LogP contribution in [0, 0.1) is 5.82 Å². The first kappa shape index (κ1) is 16.4. The minimum Gasteiger partial charge on any atom is -0.368 e. The fourth-order valence-electron chi connectivity index (χ4n) is 4.19. The zero-order chi connectivity index (χ0) is 18.2. The highest BCUT2D eigenvalue weighted by molar-refractivity contribution is 5.86. The summed E-state index contributed by atoms with van der Waals surface area (Å²) in [6, 6.07) is 5.77. The van der Waals surface area contributed by atoms with Crippen LogP contribution in [0.4, 0.5) is 16.0 Å². The number of pyridine rings is 2. The van der Waals surface area contributed by atoms with Gasteiger partial charge < -0.3 is 10.2 Å². The number of nitrogens with zero attached hydrogens (tertiary/aromatic N) is 5. The molecule has 2 bridgehead atoms. The summed E-state index contributed by atoms with van der Waals surface area (Å²) in [4.78, 5) is 20.3. The van der Waals surface area contributed by atoms with Crippen molar-refractivity contribution < 1.29 is 4.39 Å². The molecule has 1 unspecified atom stereocenters. The monoisotopic (exact) mass is 364 g/mol. The topological polar surface area (TPSA) is 66.8 Å². The summed E-state index contributed by atoms with van der Waals surface area (Å²) in [5, 5.41) is 3.40. The van der Waals surface area contributed by atoms with Gasteiger partial charge in [0, 0.05) is 18.8 Å². The molecule has 5 rings (SSSR count). The van der Waals surface area contributed by atoms with Crippen LogP contribution in [0.3, 0.4) is 0 Å². The standard InChI is InChI=1S/C20H21FN6/c21-13-10-14-15(23-11-13)4-1-2-8-22-20-19-16(24-12-25-20)6-7-18(26-19)27-9-3-5-17(14)27/h6-7,10-12,17H,1-5,8-9H2,(H,22,24,25). The van der Waals surface area contributed by atoms with Gasteiger partial charge in [0.2, 0.25) is 0 Å². The van der Waals surface area contributed by atoms with Crippen LogP contribution in [-0.2, 0) is 6.42 Å². The van der Waals surface area contributed by atoms with Gasteiger partial charge in [-0.3, -0.25) is 4.98 Å². The summed E-state index contributed by atoms with van der Waals surface area (Å²) in [5.41, 5.74) is 3.63. The molecule has 0 aliphatic carbocycles. The van der Waals surface area contributed by atoms with E-state index in [1.165, 1.54) is 6.20 Å². The Kier molecular flexibility index (Phi) is 4.07. The Morgan fingerprint density at radius 2 is 2.07 bits per heavy atom. The first-order valence-corrected chi connectivity index (χ1v) is 9.56. The summed E-state index contributed by atoms with van der Waals surface area (Å²) in [6.07, 6.45) is 7.77. The van der Waals surface area contributed by atoms with Crippen molar-refractivity contribution in [3.05, 3.63) is 47.8 Å². The third-order valence-corrected chi connectivity index (χ3v) is 5.48. The molecule has 27 heavy (non-hydrogen) atoms. The predicted octanol–water partition coefficient (Wildman–Crippen LogP) is 3.65. The fourth-order valence-corrected chi connectivity index (χ4v) is 4.19. The van der Waals surface area contributed by atoms with E-state index < -0.39 is 0 Å². The van der Waals surface area contributed by atoms with E-state index in [-0.39, 0.29) is 11.9 Å². The number of halogens is 1. The van der Waals surface area contributed by atoms with Crippen LogP contribution in [0.2, 0.25) is 0 Å². The Labute approximate surface area is 156 Å². The van der Waals surface area contributed by atoms with Gasteiger partial charge in [0.25, 0.3) is 0 Å². The van der Waals surface area contributed by atoms with Crippen LogP contribution < -0.4 is 10.2 Å². The second kappa shape index (κ2) is 6.72. The lowest BCUT2D eigenvalue weighted by atomic mass is 9.99. The fraction of sp³-hybridized carbons (Fsp3) is 0.400. The number of hydrogen-bond donors (Lipinski definition) is 1. The molecule has 7 heteroatoms. The second-order valence-electron chi connectivity index (χ2n) is 7.18. The molecule has 0 spiro atoms. The van der Waals surface area contributed by atoms with E-state index in [1.54, 1.807) is 12.4 Å². The molecule has 3 aromatic heterocycles. The number of anilines is 2. The lowest BCUT2D eigenvalue weighted by Crippen LogP contribution is -2.25. The summed E-state index contributed by atoms with van der Waals surface area (Å²) in [7, 11) is 0. The lowest BCUT2D eigenvalue weighted by molar-refractivity contribution is 0.601. The Hall–Kier alpha value is -2.83. The smallest absolute Gasteiger partial charge is 0.156 e. The molecule has 1 atom stereocenters. The number of rotatable bonds is 0.